The van der Waals surface area contributed by atoms with Crippen LogP contribution in [0.3, 0.4) is 0 Å². The third kappa shape index (κ3) is 4.22. The van der Waals surface area contributed by atoms with Gasteiger partial charge in [-0.1, -0.05) is 11.6 Å². The SMILES string of the molecule is Cc1cc(Cl)ccc1C(=O)C1CCCN(C(=O)C=Cc2cnn(C)c2)C1. The first kappa shape index (κ1) is 18.4. The highest BCUT2D eigenvalue weighted by atomic mass is 35.5. The molecule has 0 radical (unpaired) electrons. The van der Waals surface area contributed by atoms with E-state index in [-0.39, 0.29) is 17.6 Å². The van der Waals surface area contributed by atoms with E-state index in [1.807, 2.05) is 20.2 Å². The molecule has 136 valence electrons. The van der Waals surface area contributed by atoms with Gasteiger partial charge in [0.15, 0.2) is 5.78 Å². The van der Waals surface area contributed by atoms with E-state index in [1.165, 1.54) is 0 Å². The van der Waals surface area contributed by atoms with Crippen LogP contribution in [-0.2, 0) is 11.8 Å². The number of benzene rings is 1. The van der Waals surface area contributed by atoms with Gasteiger partial charge in [0.25, 0.3) is 0 Å². The lowest BCUT2D eigenvalue weighted by Crippen LogP contribution is -2.41. The van der Waals surface area contributed by atoms with Crippen LogP contribution in [0.5, 0.6) is 0 Å². The molecule has 1 saturated heterocycles. The summed E-state index contributed by atoms with van der Waals surface area (Å²) in [5, 5.41) is 4.70. The van der Waals surface area contributed by atoms with Crippen LogP contribution in [0.2, 0.25) is 5.02 Å². The van der Waals surface area contributed by atoms with Crippen molar-refractivity contribution >= 4 is 29.4 Å². The quantitative estimate of drug-likeness (QED) is 0.610. The van der Waals surface area contributed by atoms with Crippen LogP contribution in [0, 0.1) is 12.8 Å². The number of piperidine rings is 1. The molecule has 1 aliphatic heterocycles. The topological polar surface area (TPSA) is 55.2 Å². The van der Waals surface area contributed by atoms with Crippen LogP contribution in [0.15, 0.2) is 36.7 Å². The summed E-state index contributed by atoms with van der Waals surface area (Å²) in [6.45, 7) is 3.03. The van der Waals surface area contributed by atoms with Gasteiger partial charge in [-0.2, -0.15) is 5.10 Å². The normalized spacial score (nSPS) is 17.7. The Kier molecular flexibility index (Phi) is 5.57. The number of hydrogen-bond donors (Lipinski definition) is 0. The Balaban J connectivity index is 1.67. The Bertz CT molecular complexity index is 856. The standard InChI is InChI=1S/C20H22ClN3O2/c1-14-10-17(21)6-7-18(14)20(26)16-4-3-9-24(13-16)19(25)8-5-15-11-22-23(2)12-15/h5-8,10-12,16H,3-4,9,13H2,1-2H3. The average Bonchev–Trinajstić information content (AvgIpc) is 3.04. The molecule has 1 aliphatic rings. The summed E-state index contributed by atoms with van der Waals surface area (Å²) < 4.78 is 1.69. The molecule has 0 saturated carbocycles. The number of hydrogen-bond acceptors (Lipinski definition) is 3. The molecule has 0 aliphatic carbocycles. The zero-order valence-corrected chi connectivity index (χ0v) is 15.7. The highest BCUT2D eigenvalue weighted by Crippen LogP contribution is 2.24. The van der Waals surface area contributed by atoms with E-state index < -0.39 is 0 Å². The van der Waals surface area contributed by atoms with Gasteiger partial charge >= 0.3 is 0 Å². The van der Waals surface area contributed by atoms with Gasteiger partial charge in [0.05, 0.1) is 6.20 Å². The summed E-state index contributed by atoms with van der Waals surface area (Å²) in [5.74, 6) is -0.147. The number of rotatable bonds is 4. The lowest BCUT2D eigenvalue weighted by Gasteiger charge is -2.31. The largest absolute Gasteiger partial charge is 0.338 e. The molecule has 0 N–H and O–H groups in total. The fourth-order valence-corrected chi connectivity index (χ4v) is 3.54. The summed E-state index contributed by atoms with van der Waals surface area (Å²) in [6, 6.07) is 5.32. The maximum absolute atomic E-state index is 12.9. The maximum Gasteiger partial charge on any atom is 0.246 e. The van der Waals surface area contributed by atoms with Crippen molar-refractivity contribution in [2.24, 2.45) is 13.0 Å². The van der Waals surface area contributed by atoms with Crippen molar-refractivity contribution < 1.29 is 9.59 Å². The molecule has 1 amide bonds. The number of ketones is 1. The summed E-state index contributed by atoms with van der Waals surface area (Å²) >= 11 is 5.98. The Morgan fingerprint density at radius 2 is 2.15 bits per heavy atom. The number of nitrogens with zero attached hydrogens (tertiary/aromatic N) is 3. The number of Topliss-reactive ketones (excluding diaryl/α,β-unsaturated/α-hetero) is 1. The van der Waals surface area contributed by atoms with Crippen molar-refractivity contribution in [3.63, 3.8) is 0 Å². The van der Waals surface area contributed by atoms with E-state index in [0.717, 1.165) is 24.0 Å². The molecule has 3 rings (SSSR count). The predicted octanol–water partition coefficient (Wildman–Crippen LogP) is 3.52. The molecule has 0 bridgehead atoms. The molecular weight excluding hydrogens is 350 g/mol. The fraction of sp³-hybridized carbons (Fsp3) is 0.350. The third-order valence-electron chi connectivity index (χ3n) is 4.70. The zero-order valence-electron chi connectivity index (χ0n) is 15.0. The highest BCUT2D eigenvalue weighted by Gasteiger charge is 2.28. The minimum absolute atomic E-state index is 0.0702. The van der Waals surface area contributed by atoms with Crippen LogP contribution >= 0.6 is 11.6 Å². The van der Waals surface area contributed by atoms with Crippen molar-refractivity contribution in [3.8, 4) is 0 Å². The summed E-state index contributed by atoms with van der Waals surface area (Å²) in [6.07, 6.45) is 8.49. The van der Waals surface area contributed by atoms with Crippen LogP contribution < -0.4 is 0 Å². The predicted molar refractivity (Wildman–Crippen MR) is 102 cm³/mol. The average molecular weight is 372 g/mol. The van der Waals surface area contributed by atoms with Gasteiger partial charge in [-0.25, -0.2) is 0 Å². The van der Waals surface area contributed by atoms with E-state index in [4.69, 9.17) is 11.6 Å². The summed E-state index contributed by atoms with van der Waals surface area (Å²) in [7, 11) is 1.83. The molecule has 1 fully saturated rings. The lowest BCUT2D eigenvalue weighted by atomic mass is 9.88. The lowest BCUT2D eigenvalue weighted by molar-refractivity contribution is -0.127. The maximum atomic E-state index is 12.9. The second-order valence-electron chi connectivity index (χ2n) is 6.73. The third-order valence-corrected chi connectivity index (χ3v) is 4.94. The fourth-order valence-electron chi connectivity index (χ4n) is 3.31. The molecule has 5 nitrogen and oxygen atoms in total. The van der Waals surface area contributed by atoms with Gasteiger partial charge in [-0.15, -0.1) is 0 Å². The van der Waals surface area contributed by atoms with E-state index >= 15 is 0 Å². The van der Waals surface area contributed by atoms with Gasteiger partial charge in [-0.05, 0) is 49.6 Å². The van der Waals surface area contributed by atoms with Crippen LogP contribution in [0.25, 0.3) is 6.08 Å². The molecule has 2 aromatic rings. The number of amides is 1. The van der Waals surface area contributed by atoms with Crippen LogP contribution in [0.1, 0.15) is 34.3 Å². The number of likely N-dealkylation sites (tertiary alicyclic amines) is 1. The molecule has 0 spiro atoms. The van der Waals surface area contributed by atoms with Gasteiger partial charge < -0.3 is 4.90 Å². The van der Waals surface area contributed by atoms with Crippen molar-refractivity contribution in [2.75, 3.05) is 13.1 Å². The van der Waals surface area contributed by atoms with Crippen molar-refractivity contribution in [2.45, 2.75) is 19.8 Å². The number of aryl methyl sites for hydroxylation is 2. The van der Waals surface area contributed by atoms with E-state index in [1.54, 1.807) is 46.1 Å². The van der Waals surface area contributed by atoms with Gasteiger partial charge in [0, 0.05) is 54.5 Å². The number of aromatic nitrogens is 2. The Morgan fingerprint density at radius 1 is 1.35 bits per heavy atom. The second kappa shape index (κ2) is 7.87. The Labute approximate surface area is 158 Å². The molecule has 2 heterocycles. The zero-order chi connectivity index (χ0) is 18.7. The smallest absolute Gasteiger partial charge is 0.246 e. The van der Waals surface area contributed by atoms with E-state index in [9.17, 15) is 9.59 Å². The summed E-state index contributed by atoms with van der Waals surface area (Å²) in [4.78, 5) is 27.1. The molecule has 1 aromatic heterocycles. The van der Waals surface area contributed by atoms with E-state index in [2.05, 4.69) is 5.10 Å². The number of carbonyl (C=O) groups excluding carboxylic acids is 2. The Hall–Kier alpha value is -2.40. The van der Waals surface area contributed by atoms with E-state index in [0.29, 0.717) is 23.7 Å². The monoisotopic (exact) mass is 371 g/mol. The molecule has 1 atom stereocenters. The first-order valence-electron chi connectivity index (χ1n) is 8.70. The van der Waals surface area contributed by atoms with Crippen molar-refractivity contribution in [1.29, 1.82) is 0 Å². The highest BCUT2D eigenvalue weighted by molar-refractivity contribution is 6.30. The Morgan fingerprint density at radius 3 is 2.85 bits per heavy atom. The molecule has 26 heavy (non-hydrogen) atoms. The van der Waals surface area contributed by atoms with Crippen LogP contribution in [-0.4, -0.2) is 39.5 Å². The number of carbonyl (C=O) groups is 2. The molecule has 1 aromatic carbocycles. The first-order chi connectivity index (χ1) is 12.4. The van der Waals surface area contributed by atoms with Gasteiger partial charge in [-0.3, -0.25) is 14.3 Å². The molecule has 6 heteroatoms. The minimum atomic E-state index is -0.167. The number of halogens is 1. The van der Waals surface area contributed by atoms with Crippen LogP contribution in [0.4, 0.5) is 0 Å². The second-order valence-corrected chi connectivity index (χ2v) is 7.16. The van der Waals surface area contributed by atoms with Crippen molar-refractivity contribution in [3.05, 3.63) is 58.4 Å². The summed E-state index contributed by atoms with van der Waals surface area (Å²) in [5.41, 5.74) is 2.45. The first-order valence-corrected chi connectivity index (χ1v) is 9.08. The van der Waals surface area contributed by atoms with Crippen molar-refractivity contribution in [1.82, 2.24) is 14.7 Å². The molecule has 1 unspecified atom stereocenters. The molecular formula is C20H22ClN3O2. The van der Waals surface area contributed by atoms with Gasteiger partial charge in [0.1, 0.15) is 0 Å². The van der Waals surface area contributed by atoms with Gasteiger partial charge in [0.2, 0.25) is 5.91 Å². The minimum Gasteiger partial charge on any atom is -0.338 e.